The second-order valence-electron chi connectivity index (χ2n) is 2.57. The van der Waals surface area contributed by atoms with Gasteiger partial charge in [0.2, 0.25) is 0 Å². The maximum atomic E-state index is 5.22. The van der Waals surface area contributed by atoms with Gasteiger partial charge >= 0.3 is 0 Å². The first-order valence-corrected chi connectivity index (χ1v) is 4.50. The van der Waals surface area contributed by atoms with Crippen LogP contribution in [0.3, 0.4) is 0 Å². The molecular weight excluding hydrogens is 196 g/mol. The zero-order chi connectivity index (χ0) is 10.4. The Morgan fingerprint density at radius 1 is 1.50 bits per heavy atom. The van der Waals surface area contributed by atoms with Crippen LogP contribution in [0, 0.1) is 0 Å². The Morgan fingerprint density at radius 3 is 2.86 bits per heavy atom. The highest BCUT2D eigenvalue weighted by Gasteiger charge is 1.94. The summed E-state index contributed by atoms with van der Waals surface area (Å²) in [6, 6.07) is 7.78. The Labute approximate surface area is 88.2 Å². The molecule has 1 rings (SSSR count). The molecular formula is C9H12N4S. The molecule has 0 spiro atoms. The van der Waals surface area contributed by atoms with Crippen LogP contribution in [0.25, 0.3) is 0 Å². The topological polar surface area (TPSA) is 62.4 Å². The molecule has 0 amide bonds. The van der Waals surface area contributed by atoms with Crippen LogP contribution in [0.4, 0.5) is 5.69 Å². The summed E-state index contributed by atoms with van der Waals surface area (Å²) in [6.45, 7) is 0. The second kappa shape index (κ2) is 5.18. The number of thiocarbonyl (C=S) groups is 1. The maximum Gasteiger partial charge on any atom is 0.184 e. The highest BCUT2D eigenvalue weighted by atomic mass is 32.1. The van der Waals surface area contributed by atoms with Gasteiger partial charge in [-0.25, -0.2) is 0 Å². The summed E-state index contributed by atoms with van der Waals surface area (Å²) < 4.78 is 0. The lowest BCUT2D eigenvalue weighted by Gasteiger charge is -2.03. The van der Waals surface area contributed by atoms with E-state index in [2.05, 4.69) is 28.1 Å². The summed E-state index contributed by atoms with van der Waals surface area (Å²) >= 11 is 4.61. The summed E-state index contributed by atoms with van der Waals surface area (Å²) in [7, 11) is 1.85. The number of para-hydroxylation sites is 1. The number of rotatable bonds is 3. The van der Waals surface area contributed by atoms with Crippen molar-refractivity contribution in [1.82, 2.24) is 5.43 Å². The third-order valence-electron chi connectivity index (χ3n) is 1.61. The quantitative estimate of drug-likeness (QED) is 0.392. The summed E-state index contributed by atoms with van der Waals surface area (Å²) in [5, 5.41) is 7.07. The Balaban J connectivity index is 2.75. The van der Waals surface area contributed by atoms with Crippen molar-refractivity contribution in [2.24, 2.45) is 10.8 Å². The first kappa shape index (κ1) is 10.5. The Hall–Kier alpha value is -1.62. The molecule has 0 aliphatic carbocycles. The summed E-state index contributed by atoms with van der Waals surface area (Å²) in [5.41, 5.74) is 9.69. The van der Waals surface area contributed by atoms with Gasteiger partial charge in [0.25, 0.3) is 0 Å². The van der Waals surface area contributed by atoms with Gasteiger partial charge in [0.1, 0.15) is 0 Å². The monoisotopic (exact) mass is 208 g/mol. The van der Waals surface area contributed by atoms with Gasteiger partial charge in [-0.05, 0) is 18.3 Å². The minimum Gasteiger partial charge on any atom is -0.388 e. The van der Waals surface area contributed by atoms with E-state index in [4.69, 9.17) is 5.73 Å². The van der Waals surface area contributed by atoms with Crippen molar-refractivity contribution < 1.29 is 0 Å². The fourth-order valence-corrected chi connectivity index (χ4v) is 1.06. The van der Waals surface area contributed by atoms with Crippen LogP contribution in [-0.2, 0) is 0 Å². The van der Waals surface area contributed by atoms with E-state index in [-0.39, 0.29) is 5.11 Å². The second-order valence-corrected chi connectivity index (χ2v) is 3.01. The maximum absolute atomic E-state index is 5.22. The number of nitrogens with two attached hydrogens (primary N) is 1. The molecule has 0 saturated carbocycles. The van der Waals surface area contributed by atoms with Crippen LogP contribution in [-0.4, -0.2) is 18.4 Å². The van der Waals surface area contributed by atoms with E-state index >= 15 is 0 Å². The highest BCUT2D eigenvalue weighted by molar-refractivity contribution is 7.80. The molecule has 0 atom stereocenters. The summed E-state index contributed by atoms with van der Waals surface area (Å²) in [6.07, 6.45) is 1.66. The molecule has 0 bridgehead atoms. The van der Waals surface area contributed by atoms with E-state index in [1.165, 1.54) is 0 Å². The molecule has 0 radical (unpaired) electrons. The van der Waals surface area contributed by atoms with Crippen LogP contribution in [0.5, 0.6) is 0 Å². The number of hydrogen-bond donors (Lipinski definition) is 3. The van der Waals surface area contributed by atoms with Crippen LogP contribution >= 0.6 is 12.2 Å². The van der Waals surface area contributed by atoms with Crippen molar-refractivity contribution in [1.29, 1.82) is 0 Å². The van der Waals surface area contributed by atoms with Gasteiger partial charge in [0.05, 0.1) is 6.21 Å². The molecule has 4 nitrogen and oxygen atoms in total. The van der Waals surface area contributed by atoms with E-state index in [1.54, 1.807) is 6.21 Å². The highest BCUT2D eigenvalue weighted by Crippen LogP contribution is 2.10. The minimum absolute atomic E-state index is 0.156. The molecule has 0 aromatic heterocycles. The molecule has 74 valence electrons. The van der Waals surface area contributed by atoms with E-state index < -0.39 is 0 Å². The van der Waals surface area contributed by atoms with Crippen LogP contribution < -0.4 is 16.5 Å². The summed E-state index contributed by atoms with van der Waals surface area (Å²) in [5.74, 6) is 0. The molecule has 0 saturated heterocycles. The predicted molar refractivity (Wildman–Crippen MR) is 63.5 cm³/mol. The smallest absolute Gasteiger partial charge is 0.184 e. The molecule has 14 heavy (non-hydrogen) atoms. The van der Waals surface area contributed by atoms with Gasteiger partial charge in [-0.2, -0.15) is 5.10 Å². The number of nitrogens with one attached hydrogen (secondary N) is 2. The molecule has 0 unspecified atom stereocenters. The zero-order valence-electron chi connectivity index (χ0n) is 7.82. The number of hydrazone groups is 1. The lowest BCUT2D eigenvalue weighted by atomic mass is 10.2. The van der Waals surface area contributed by atoms with Crippen molar-refractivity contribution >= 4 is 29.2 Å². The zero-order valence-corrected chi connectivity index (χ0v) is 8.64. The SMILES string of the molecule is CNc1ccccc1C=NNC(N)=S. The van der Waals surface area contributed by atoms with Crippen molar-refractivity contribution in [2.75, 3.05) is 12.4 Å². The largest absolute Gasteiger partial charge is 0.388 e. The third kappa shape index (κ3) is 3.02. The van der Waals surface area contributed by atoms with E-state index in [9.17, 15) is 0 Å². The van der Waals surface area contributed by atoms with Crippen molar-refractivity contribution in [3.8, 4) is 0 Å². The molecule has 1 aromatic rings. The number of hydrogen-bond acceptors (Lipinski definition) is 3. The molecule has 5 heteroatoms. The average Bonchev–Trinajstić information content (AvgIpc) is 2.18. The first-order valence-electron chi connectivity index (χ1n) is 4.09. The number of anilines is 1. The van der Waals surface area contributed by atoms with Crippen molar-refractivity contribution in [2.45, 2.75) is 0 Å². The minimum atomic E-state index is 0.156. The third-order valence-corrected chi connectivity index (χ3v) is 1.70. The van der Waals surface area contributed by atoms with Crippen molar-refractivity contribution in [3.05, 3.63) is 29.8 Å². The van der Waals surface area contributed by atoms with Crippen LogP contribution in [0.1, 0.15) is 5.56 Å². The normalized spacial score (nSPS) is 10.1. The van der Waals surface area contributed by atoms with Gasteiger partial charge in [-0.3, -0.25) is 5.43 Å². The van der Waals surface area contributed by atoms with Gasteiger partial charge in [0.15, 0.2) is 5.11 Å². The van der Waals surface area contributed by atoms with Gasteiger partial charge < -0.3 is 11.1 Å². The molecule has 1 aromatic carbocycles. The van der Waals surface area contributed by atoms with Crippen LogP contribution in [0.2, 0.25) is 0 Å². The lowest BCUT2D eigenvalue weighted by molar-refractivity contribution is 1.04. The van der Waals surface area contributed by atoms with Crippen molar-refractivity contribution in [3.63, 3.8) is 0 Å². The number of benzene rings is 1. The molecule has 0 aliphatic rings. The van der Waals surface area contributed by atoms with E-state index in [0.717, 1.165) is 11.3 Å². The fourth-order valence-electron chi connectivity index (χ4n) is 1.00. The molecule has 0 fully saturated rings. The molecule has 0 heterocycles. The average molecular weight is 208 g/mol. The Bertz CT molecular complexity index is 348. The van der Waals surface area contributed by atoms with E-state index in [0.29, 0.717) is 0 Å². The Morgan fingerprint density at radius 2 is 2.21 bits per heavy atom. The van der Waals surface area contributed by atoms with E-state index in [1.807, 2.05) is 31.3 Å². The van der Waals surface area contributed by atoms with Crippen LogP contribution in [0.15, 0.2) is 29.4 Å². The van der Waals surface area contributed by atoms with Gasteiger partial charge in [0, 0.05) is 18.3 Å². The standard InChI is InChI=1S/C9H12N4S/c1-11-8-5-3-2-4-7(8)6-12-13-9(10)14/h2-6,11H,1H3,(H3,10,13,14). The molecule has 4 N–H and O–H groups in total. The summed E-state index contributed by atoms with van der Waals surface area (Å²) in [4.78, 5) is 0. The fraction of sp³-hybridized carbons (Fsp3) is 0.111. The lowest BCUT2D eigenvalue weighted by Crippen LogP contribution is -2.24. The van der Waals surface area contributed by atoms with Gasteiger partial charge in [-0.15, -0.1) is 0 Å². The molecule has 0 aliphatic heterocycles. The Kier molecular flexibility index (Phi) is 3.87. The number of nitrogens with zero attached hydrogens (tertiary/aromatic N) is 1. The predicted octanol–water partition coefficient (Wildman–Crippen LogP) is 0.895. The van der Waals surface area contributed by atoms with Gasteiger partial charge in [-0.1, -0.05) is 18.2 Å². The first-order chi connectivity index (χ1) is 6.74.